The summed E-state index contributed by atoms with van der Waals surface area (Å²) in [7, 11) is 1.59. The van der Waals surface area contributed by atoms with Crippen LogP contribution in [0.3, 0.4) is 0 Å². The van der Waals surface area contributed by atoms with Gasteiger partial charge in [0.1, 0.15) is 4.21 Å². The van der Waals surface area contributed by atoms with Crippen LogP contribution < -0.4 is 5.32 Å². The Bertz CT molecular complexity index is 574. The van der Waals surface area contributed by atoms with Gasteiger partial charge in [-0.2, -0.15) is 0 Å². The normalized spacial score (nSPS) is 18.4. The molecule has 1 aliphatic rings. The van der Waals surface area contributed by atoms with E-state index < -0.39 is 9.05 Å². The van der Waals surface area contributed by atoms with Crippen molar-refractivity contribution in [3.63, 3.8) is 0 Å². The molecule has 1 aromatic rings. The van der Waals surface area contributed by atoms with Gasteiger partial charge in [0.25, 0.3) is 9.05 Å². The zero-order chi connectivity index (χ0) is 14.1. The summed E-state index contributed by atoms with van der Waals surface area (Å²) in [6, 6.07) is 3.14. The van der Waals surface area contributed by atoms with Gasteiger partial charge in [-0.15, -0.1) is 11.3 Å². The van der Waals surface area contributed by atoms with Crippen LogP contribution in [0, 0.1) is 5.41 Å². The molecule has 4 nitrogen and oxygen atoms in total. The summed E-state index contributed by atoms with van der Waals surface area (Å²) in [4.78, 5) is 12.9. The number of carbonyl (C=O) groups excluding carboxylic acids is 1. The first-order valence-electron chi connectivity index (χ1n) is 6.13. The largest absolute Gasteiger partial charge is 0.351 e. The maximum absolute atomic E-state index is 12.1. The van der Waals surface area contributed by atoms with E-state index in [0.29, 0.717) is 6.54 Å². The molecule has 1 heterocycles. The van der Waals surface area contributed by atoms with E-state index in [0.717, 1.165) is 41.9 Å². The molecule has 1 N–H and O–H groups in total. The average molecular weight is 322 g/mol. The Kier molecular flexibility index (Phi) is 4.23. The van der Waals surface area contributed by atoms with Crippen LogP contribution in [0.4, 0.5) is 0 Å². The monoisotopic (exact) mass is 321 g/mol. The van der Waals surface area contributed by atoms with Crippen LogP contribution in [0.2, 0.25) is 0 Å². The molecule has 0 atom stereocenters. The van der Waals surface area contributed by atoms with Gasteiger partial charge >= 0.3 is 0 Å². The van der Waals surface area contributed by atoms with E-state index in [-0.39, 0.29) is 15.5 Å². The predicted molar refractivity (Wildman–Crippen MR) is 75.8 cm³/mol. The third kappa shape index (κ3) is 3.49. The lowest BCUT2D eigenvalue weighted by Crippen LogP contribution is -2.36. The van der Waals surface area contributed by atoms with Crippen molar-refractivity contribution in [3.8, 4) is 0 Å². The van der Waals surface area contributed by atoms with Gasteiger partial charge in [-0.05, 0) is 25.0 Å². The summed E-state index contributed by atoms with van der Waals surface area (Å²) in [5.74, 6) is 0.0497. The number of hydrogen-bond donors (Lipinski definition) is 1. The summed E-state index contributed by atoms with van der Waals surface area (Å²) >= 11 is 1.09. The van der Waals surface area contributed by atoms with Crippen molar-refractivity contribution >= 4 is 37.0 Å². The van der Waals surface area contributed by atoms with Crippen LogP contribution in [0.15, 0.2) is 16.3 Å². The summed E-state index contributed by atoms with van der Waals surface area (Å²) in [5, 5.41) is 2.88. The molecule has 106 valence electrons. The highest BCUT2D eigenvalue weighted by Gasteiger charge is 2.35. The van der Waals surface area contributed by atoms with Crippen LogP contribution in [0.1, 0.15) is 37.5 Å². The Morgan fingerprint density at radius 3 is 2.58 bits per heavy atom. The fraction of sp³-hybridized carbons (Fsp3) is 0.583. The predicted octanol–water partition coefficient (Wildman–Crippen LogP) is 2.87. The smallest absolute Gasteiger partial charge is 0.270 e. The zero-order valence-corrected chi connectivity index (χ0v) is 13.0. The molecule has 0 saturated heterocycles. The molecule has 0 spiro atoms. The topological polar surface area (TPSA) is 63.2 Å². The highest BCUT2D eigenvalue weighted by atomic mass is 35.7. The van der Waals surface area contributed by atoms with E-state index in [1.807, 2.05) is 6.92 Å². The van der Waals surface area contributed by atoms with Crippen molar-refractivity contribution < 1.29 is 13.2 Å². The fourth-order valence-corrected chi connectivity index (χ4v) is 4.41. The Hall–Kier alpha value is -0.590. The van der Waals surface area contributed by atoms with Crippen molar-refractivity contribution in [1.82, 2.24) is 5.32 Å². The Balaban J connectivity index is 1.96. The van der Waals surface area contributed by atoms with Crippen molar-refractivity contribution in [1.29, 1.82) is 0 Å². The second kappa shape index (κ2) is 5.42. The van der Waals surface area contributed by atoms with Gasteiger partial charge < -0.3 is 5.32 Å². The van der Waals surface area contributed by atoms with Crippen molar-refractivity contribution in [2.45, 2.75) is 43.4 Å². The average Bonchev–Trinajstić information content (AvgIpc) is 2.94. The lowest BCUT2D eigenvalue weighted by Gasteiger charge is -2.21. The molecule has 7 heteroatoms. The summed E-state index contributed by atoms with van der Waals surface area (Å²) < 4.78 is 22.4. The molecule has 0 aliphatic heterocycles. The number of halogens is 1. The fourth-order valence-electron chi connectivity index (χ4n) is 2.35. The van der Waals surface area contributed by atoms with E-state index >= 15 is 0 Å². The van der Waals surface area contributed by atoms with Crippen LogP contribution in [-0.2, 0) is 20.4 Å². The minimum Gasteiger partial charge on any atom is -0.351 e. The van der Waals surface area contributed by atoms with E-state index in [9.17, 15) is 13.2 Å². The lowest BCUT2D eigenvalue weighted by molar-refractivity contribution is -0.130. The van der Waals surface area contributed by atoms with Gasteiger partial charge in [0, 0.05) is 21.0 Å². The molecule has 1 aliphatic carbocycles. The minimum absolute atomic E-state index is 0.0497. The quantitative estimate of drug-likeness (QED) is 0.867. The first-order chi connectivity index (χ1) is 8.81. The Morgan fingerprint density at radius 1 is 1.42 bits per heavy atom. The number of hydrogen-bond acceptors (Lipinski definition) is 4. The zero-order valence-electron chi connectivity index (χ0n) is 10.6. The molecule has 0 unspecified atom stereocenters. The van der Waals surface area contributed by atoms with Gasteiger partial charge in [-0.25, -0.2) is 8.42 Å². The van der Waals surface area contributed by atoms with Gasteiger partial charge in [0.2, 0.25) is 5.91 Å². The van der Waals surface area contributed by atoms with E-state index in [1.165, 1.54) is 6.07 Å². The van der Waals surface area contributed by atoms with Crippen molar-refractivity contribution in [2.75, 3.05) is 0 Å². The molecule has 0 radical (unpaired) electrons. The van der Waals surface area contributed by atoms with Gasteiger partial charge in [-0.1, -0.05) is 19.8 Å². The maximum Gasteiger partial charge on any atom is 0.270 e. The summed E-state index contributed by atoms with van der Waals surface area (Å²) in [5.41, 5.74) is -0.265. The number of carbonyl (C=O) groups is 1. The first kappa shape index (κ1) is 14.8. The minimum atomic E-state index is -3.67. The second-order valence-corrected chi connectivity index (χ2v) is 9.07. The summed E-state index contributed by atoms with van der Waals surface area (Å²) in [6.45, 7) is 2.34. The van der Waals surface area contributed by atoms with E-state index in [4.69, 9.17) is 10.7 Å². The van der Waals surface area contributed by atoms with E-state index in [2.05, 4.69) is 5.32 Å². The molecule has 19 heavy (non-hydrogen) atoms. The molecule has 0 bridgehead atoms. The van der Waals surface area contributed by atoms with Gasteiger partial charge in [0.05, 0.1) is 6.54 Å². The number of thiophene rings is 1. The van der Waals surface area contributed by atoms with Crippen molar-refractivity contribution in [3.05, 3.63) is 17.0 Å². The molecule has 2 rings (SSSR count). The van der Waals surface area contributed by atoms with E-state index in [1.54, 1.807) is 6.07 Å². The highest BCUT2D eigenvalue weighted by molar-refractivity contribution is 8.15. The molecular weight excluding hydrogens is 306 g/mol. The van der Waals surface area contributed by atoms with Crippen LogP contribution in [0.25, 0.3) is 0 Å². The summed E-state index contributed by atoms with van der Waals surface area (Å²) in [6.07, 6.45) is 4.03. The molecular formula is C12H16ClNO3S2. The third-order valence-corrected chi connectivity index (χ3v) is 6.73. The van der Waals surface area contributed by atoms with Crippen LogP contribution in [-0.4, -0.2) is 14.3 Å². The third-order valence-electron chi connectivity index (χ3n) is 3.56. The Labute approximate surface area is 121 Å². The number of nitrogens with one attached hydrogen (secondary N) is 1. The lowest BCUT2D eigenvalue weighted by atomic mass is 9.88. The standard InChI is InChI=1S/C12H16ClNO3S2/c1-12(6-2-3-7-12)11(15)14-8-9-4-5-10(18-9)19(13,16)17/h4-5H,2-3,6-8H2,1H3,(H,14,15). The SMILES string of the molecule is CC1(C(=O)NCc2ccc(S(=O)(=O)Cl)s2)CCCC1. The first-order valence-corrected chi connectivity index (χ1v) is 9.25. The highest BCUT2D eigenvalue weighted by Crippen LogP contribution is 2.37. The molecule has 1 fully saturated rings. The van der Waals surface area contributed by atoms with Gasteiger partial charge in [-0.3, -0.25) is 4.79 Å². The molecule has 0 aromatic carbocycles. The molecule has 1 saturated carbocycles. The number of amides is 1. The second-order valence-electron chi connectivity index (χ2n) is 5.11. The molecule has 1 aromatic heterocycles. The Morgan fingerprint density at radius 2 is 2.05 bits per heavy atom. The molecule has 1 amide bonds. The van der Waals surface area contributed by atoms with Gasteiger partial charge in [0.15, 0.2) is 0 Å². The number of rotatable bonds is 4. The van der Waals surface area contributed by atoms with Crippen LogP contribution >= 0.6 is 22.0 Å². The maximum atomic E-state index is 12.1. The van der Waals surface area contributed by atoms with Crippen LogP contribution in [0.5, 0.6) is 0 Å². The van der Waals surface area contributed by atoms with Crippen molar-refractivity contribution in [2.24, 2.45) is 5.41 Å².